The van der Waals surface area contributed by atoms with E-state index < -0.39 is 24.6 Å². The maximum atomic E-state index is 12.8. The van der Waals surface area contributed by atoms with Crippen molar-refractivity contribution in [1.82, 2.24) is 5.32 Å². The van der Waals surface area contributed by atoms with Crippen molar-refractivity contribution in [1.29, 1.82) is 0 Å². The van der Waals surface area contributed by atoms with E-state index in [0.29, 0.717) is 6.42 Å². The molecule has 0 aliphatic heterocycles. The average molecular weight is 550 g/mol. The average Bonchev–Trinajstić information content (AvgIpc) is 2.94. The molecule has 0 heterocycles. The van der Waals surface area contributed by atoms with E-state index in [4.69, 9.17) is 5.48 Å². The van der Waals surface area contributed by atoms with Crippen LogP contribution in [0, 0.1) is 0 Å². The van der Waals surface area contributed by atoms with Gasteiger partial charge < -0.3 is 15.5 Å². The Labute approximate surface area is 247 Å². The van der Waals surface area contributed by atoms with Gasteiger partial charge in [-0.05, 0) is 43.2 Å². The van der Waals surface area contributed by atoms with Crippen molar-refractivity contribution < 1.29 is 20.5 Å². The number of nitrogens with one attached hydrogen (secondary N) is 1. The standard InChI is InChI=1S/C35H63NO3/c1-3-5-7-9-11-12-13-14-15-16-17-19-21-23-34(39)36-35(30-37,31-38)29-28-33-26-24-32(25-27-33)22-20-18-10-8-6-4-2/h24-27,37-38H,3-23,28-31H2,1-2H3,(H,36,39)/i30D2,31D2. The topological polar surface area (TPSA) is 69.6 Å². The molecule has 0 radical (unpaired) electrons. The summed E-state index contributed by atoms with van der Waals surface area (Å²) < 4.78 is 32.0. The van der Waals surface area contributed by atoms with Gasteiger partial charge in [0, 0.05) is 6.42 Å². The fourth-order valence-electron chi connectivity index (χ4n) is 5.17. The molecule has 1 amide bonds. The van der Waals surface area contributed by atoms with Crippen LogP contribution in [-0.2, 0) is 17.6 Å². The number of aliphatic hydroxyl groups is 2. The molecule has 1 aromatic carbocycles. The number of carbonyl (C=O) groups excluding carboxylic acids is 1. The number of hydrogen-bond acceptors (Lipinski definition) is 3. The second kappa shape index (κ2) is 24.4. The van der Waals surface area contributed by atoms with Gasteiger partial charge in [0.15, 0.2) is 0 Å². The van der Waals surface area contributed by atoms with E-state index in [1.165, 1.54) is 95.5 Å². The van der Waals surface area contributed by atoms with E-state index in [9.17, 15) is 15.0 Å². The number of aryl methyl sites for hydroxylation is 2. The summed E-state index contributed by atoms with van der Waals surface area (Å²) in [5, 5.41) is 23.2. The maximum Gasteiger partial charge on any atom is 0.220 e. The zero-order valence-corrected chi connectivity index (χ0v) is 25.4. The van der Waals surface area contributed by atoms with Crippen LogP contribution >= 0.6 is 0 Å². The van der Waals surface area contributed by atoms with E-state index in [1.54, 1.807) is 0 Å². The van der Waals surface area contributed by atoms with Gasteiger partial charge in [-0.15, -0.1) is 0 Å². The van der Waals surface area contributed by atoms with Crippen molar-refractivity contribution in [3.63, 3.8) is 0 Å². The molecule has 4 nitrogen and oxygen atoms in total. The Morgan fingerprint density at radius 2 is 1.03 bits per heavy atom. The summed E-state index contributed by atoms with van der Waals surface area (Å²) >= 11 is 0. The summed E-state index contributed by atoms with van der Waals surface area (Å²) in [6, 6.07) is 7.90. The van der Waals surface area contributed by atoms with Crippen LogP contribution in [-0.4, -0.2) is 34.8 Å². The monoisotopic (exact) mass is 550 g/mol. The van der Waals surface area contributed by atoms with Crippen molar-refractivity contribution >= 4 is 5.91 Å². The number of carbonyl (C=O) groups is 1. The zero-order valence-electron chi connectivity index (χ0n) is 29.4. The summed E-state index contributed by atoms with van der Waals surface area (Å²) in [4.78, 5) is 12.8. The first-order chi connectivity index (χ1) is 20.5. The maximum absolute atomic E-state index is 12.8. The Morgan fingerprint density at radius 1 is 0.641 bits per heavy atom. The van der Waals surface area contributed by atoms with Gasteiger partial charge in [0.1, 0.15) is 0 Å². The van der Waals surface area contributed by atoms with E-state index in [1.807, 2.05) is 24.3 Å². The molecule has 4 heteroatoms. The van der Waals surface area contributed by atoms with Crippen molar-refractivity contribution in [2.24, 2.45) is 0 Å². The Bertz CT molecular complexity index is 823. The van der Waals surface area contributed by atoms with Gasteiger partial charge in [-0.2, -0.15) is 0 Å². The summed E-state index contributed by atoms with van der Waals surface area (Å²) in [6.45, 7) is -1.89. The Balaban J connectivity index is 2.51. The summed E-state index contributed by atoms with van der Waals surface area (Å²) in [7, 11) is 0. The third kappa shape index (κ3) is 18.6. The fourth-order valence-corrected chi connectivity index (χ4v) is 5.17. The second-order valence-corrected chi connectivity index (χ2v) is 11.5. The normalized spacial score (nSPS) is 13.9. The quantitative estimate of drug-likeness (QED) is 0.0960. The van der Waals surface area contributed by atoms with Gasteiger partial charge in [-0.25, -0.2) is 0 Å². The van der Waals surface area contributed by atoms with Crippen LogP contribution in [0.1, 0.15) is 165 Å². The van der Waals surface area contributed by atoms with Crippen molar-refractivity contribution in [2.75, 3.05) is 13.1 Å². The molecule has 1 aromatic rings. The Kier molecular flexibility index (Phi) is 18.2. The van der Waals surface area contributed by atoms with Gasteiger partial charge in [0.05, 0.1) is 24.1 Å². The molecule has 0 saturated carbocycles. The third-order valence-corrected chi connectivity index (χ3v) is 7.87. The van der Waals surface area contributed by atoms with Crippen molar-refractivity contribution in [2.45, 2.75) is 167 Å². The predicted octanol–water partition coefficient (Wildman–Crippen LogP) is 8.84. The molecule has 0 aromatic heterocycles. The highest BCUT2D eigenvalue weighted by molar-refractivity contribution is 5.76. The lowest BCUT2D eigenvalue weighted by atomic mass is 9.91. The molecular formula is C35H63NO3. The second-order valence-electron chi connectivity index (χ2n) is 11.5. The van der Waals surface area contributed by atoms with E-state index in [0.717, 1.165) is 37.7 Å². The largest absolute Gasteiger partial charge is 0.394 e. The molecule has 39 heavy (non-hydrogen) atoms. The summed E-state index contributed by atoms with van der Waals surface area (Å²) in [5.41, 5.74) is -0.452. The Morgan fingerprint density at radius 3 is 1.46 bits per heavy atom. The molecule has 0 atom stereocenters. The summed E-state index contributed by atoms with van der Waals surface area (Å²) in [5.74, 6) is -0.562. The Hall–Kier alpha value is -1.39. The fraction of sp³-hybridized carbons (Fsp3) is 0.800. The minimum absolute atomic E-state index is 0.0960. The molecular weight excluding hydrogens is 482 g/mol. The minimum Gasteiger partial charge on any atom is -0.394 e. The minimum atomic E-state index is -3.17. The van der Waals surface area contributed by atoms with Gasteiger partial charge in [-0.1, -0.05) is 147 Å². The summed E-state index contributed by atoms with van der Waals surface area (Å²) in [6.07, 6.45) is 23.7. The van der Waals surface area contributed by atoms with Crippen LogP contribution in [0.4, 0.5) is 0 Å². The number of rotatable bonds is 27. The van der Waals surface area contributed by atoms with Crippen LogP contribution in [0.15, 0.2) is 24.3 Å². The van der Waals surface area contributed by atoms with Crippen LogP contribution in [0.25, 0.3) is 0 Å². The van der Waals surface area contributed by atoms with Crippen LogP contribution in [0.2, 0.25) is 0 Å². The molecule has 0 spiro atoms. The van der Waals surface area contributed by atoms with E-state index in [2.05, 4.69) is 19.2 Å². The van der Waals surface area contributed by atoms with Gasteiger partial charge in [0.2, 0.25) is 5.91 Å². The number of benzene rings is 1. The lowest BCUT2D eigenvalue weighted by Crippen LogP contribution is -2.54. The van der Waals surface area contributed by atoms with Crippen molar-refractivity contribution in [3.05, 3.63) is 35.4 Å². The molecule has 0 saturated heterocycles. The molecule has 0 bridgehead atoms. The molecule has 0 fully saturated rings. The predicted molar refractivity (Wildman–Crippen MR) is 167 cm³/mol. The highest BCUT2D eigenvalue weighted by Gasteiger charge is 2.30. The molecule has 0 aliphatic carbocycles. The van der Waals surface area contributed by atoms with Crippen LogP contribution in [0.3, 0.4) is 0 Å². The lowest BCUT2D eigenvalue weighted by Gasteiger charge is -2.31. The number of unbranched alkanes of at least 4 members (excludes halogenated alkanes) is 17. The van der Waals surface area contributed by atoms with E-state index in [-0.39, 0.29) is 19.3 Å². The third-order valence-electron chi connectivity index (χ3n) is 7.87. The first kappa shape index (κ1) is 29.1. The van der Waals surface area contributed by atoms with Crippen LogP contribution < -0.4 is 5.32 Å². The van der Waals surface area contributed by atoms with Crippen LogP contribution in [0.5, 0.6) is 0 Å². The van der Waals surface area contributed by atoms with Gasteiger partial charge in [-0.3, -0.25) is 4.79 Å². The van der Waals surface area contributed by atoms with E-state index >= 15 is 0 Å². The molecule has 0 aliphatic rings. The molecule has 1 rings (SSSR count). The SMILES string of the molecule is [2H]C([2H])(O)C(CCc1ccc(CCCCCCCC)cc1)(NC(=O)CCCCCCCCCCCCCCC)C([2H])([2H])O. The van der Waals surface area contributed by atoms with Gasteiger partial charge >= 0.3 is 0 Å². The number of amides is 1. The lowest BCUT2D eigenvalue weighted by molar-refractivity contribution is -0.124. The zero-order chi connectivity index (χ0) is 32.0. The molecule has 3 N–H and O–H groups in total. The smallest absolute Gasteiger partial charge is 0.220 e. The van der Waals surface area contributed by atoms with Gasteiger partial charge in [0.25, 0.3) is 0 Å². The first-order valence-corrected chi connectivity index (χ1v) is 16.3. The molecule has 0 unspecified atom stereocenters. The highest BCUT2D eigenvalue weighted by Crippen LogP contribution is 2.18. The first-order valence-electron chi connectivity index (χ1n) is 18.3. The molecule has 226 valence electrons. The highest BCUT2D eigenvalue weighted by atomic mass is 16.3. The number of hydrogen-bond donors (Lipinski definition) is 3. The van der Waals surface area contributed by atoms with Crippen molar-refractivity contribution in [3.8, 4) is 0 Å².